The molecule has 1 radical (unpaired) electrons. The lowest BCUT2D eigenvalue weighted by atomic mass is 10.2. The maximum atomic E-state index is 9.86. The van der Waals surface area contributed by atoms with E-state index >= 15 is 0 Å². The van der Waals surface area contributed by atoms with Crippen LogP contribution in [0.4, 0.5) is 0 Å². The van der Waals surface area contributed by atoms with E-state index < -0.39 is 6.10 Å². The first-order valence-corrected chi connectivity index (χ1v) is 7.39. The van der Waals surface area contributed by atoms with E-state index in [2.05, 4.69) is 10.3 Å². The van der Waals surface area contributed by atoms with Crippen molar-refractivity contribution < 1.29 is 9.84 Å². The zero-order valence-corrected chi connectivity index (χ0v) is 12.3. The van der Waals surface area contributed by atoms with E-state index in [4.69, 9.17) is 4.74 Å². The minimum Gasteiger partial charge on any atom is -0.497 e. The van der Waals surface area contributed by atoms with Gasteiger partial charge in [-0.2, -0.15) is 0 Å². The Kier molecular flexibility index (Phi) is 5.98. The Hall–Kier alpha value is -1.43. The summed E-state index contributed by atoms with van der Waals surface area (Å²) in [7, 11) is 1.66. The number of aliphatic hydroxyl groups is 1. The van der Waals surface area contributed by atoms with Gasteiger partial charge in [0, 0.05) is 31.1 Å². The third-order valence-electron chi connectivity index (χ3n) is 2.86. The molecule has 0 spiro atoms. The third-order valence-corrected chi connectivity index (χ3v) is 3.67. The summed E-state index contributed by atoms with van der Waals surface area (Å²) in [5, 5.41) is 16.1. The number of ether oxygens (including phenoxy) is 1. The Morgan fingerprint density at radius 3 is 3.15 bits per heavy atom. The Bertz CT molecular complexity index is 502. The van der Waals surface area contributed by atoms with Crippen LogP contribution in [0.2, 0.25) is 0 Å². The summed E-state index contributed by atoms with van der Waals surface area (Å²) in [6, 6.07) is 7.89. The number of methoxy groups -OCH3 is 1. The average Bonchev–Trinajstić information content (AvgIpc) is 2.99. The first-order valence-electron chi connectivity index (χ1n) is 6.51. The van der Waals surface area contributed by atoms with Gasteiger partial charge in [-0.1, -0.05) is 12.1 Å². The Morgan fingerprint density at radius 1 is 1.50 bits per heavy atom. The summed E-state index contributed by atoms with van der Waals surface area (Å²) in [6.45, 7) is 1.24. The zero-order chi connectivity index (χ0) is 14.2. The molecule has 0 bridgehead atoms. The summed E-state index contributed by atoms with van der Waals surface area (Å²) in [4.78, 5) is 4.18. The van der Waals surface area contributed by atoms with E-state index in [1.807, 2.05) is 36.1 Å². The molecule has 4 nitrogen and oxygen atoms in total. The maximum absolute atomic E-state index is 9.86. The maximum Gasteiger partial charge on any atom is 0.119 e. The van der Waals surface area contributed by atoms with Gasteiger partial charge in [-0.05, 0) is 24.1 Å². The fourth-order valence-electron chi connectivity index (χ4n) is 1.82. The van der Waals surface area contributed by atoms with Crippen LogP contribution in [0.15, 0.2) is 35.8 Å². The van der Waals surface area contributed by atoms with Crippen LogP contribution in [0.1, 0.15) is 10.6 Å². The van der Waals surface area contributed by atoms with Crippen molar-refractivity contribution in [1.29, 1.82) is 0 Å². The zero-order valence-electron chi connectivity index (χ0n) is 11.5. The number of thiazole rings is 1. The van der Waals surface area contributed by atoms with Crippen molar-refractivity contribution >= 4 is 11.3 Å². The van der Waals surface area contributed by atoms with Crippen molar-refractivity contribution in [2.24, 2.45) is 0 Å². The van der Waals surface area contributed by atoms with Gasteiger partial charge >= 0.3 is 0 Å². The van der Waals surface area contributed by atoms with Crippen LogP contribution in [0, 0.1) is 6.42 Å². The highest BCUT2D eigenvalue weighted by Crippen LogP contribution is 2.12. The highest BCUT2D eigenvalue weighted by Gasteiger charge is 2.06. The first-order chi connectivity index (χ1) is 9.78. The molecule has 1 unspecified atom stereocenters. The summed E-state index contributed by atoms with van der Waals surface area (Å²) >= 11 is 1.60. The quantitative estimate of drug-likeness (QED) is 0.781. The van der Waals surface area contributed by atoms with Crippen molar-refractivity contribution in [2.75, 3.05) is 13.7 Å². The number of benzene rings is 1. The molecular formula is C15H19N2O2S. The van der Waals surface area contributed by atoms with Gasteiger partial charge in [0.1, 0.15) is 5.75 Å². The number of aliphatic hydroxyl groups excluding tert-OH is 1. The Morgan fingerprint density at radius 2 is 2.40 bits per heavy atom. The summed E-state index contributed by atoms with van der Waals surface area (Å²) in [5.41, 5.74) is 1.14. The van der Waals surface area contributed by atoms with E-state index in [-0.39, 0.29) is 0 Å². The van der Waals surface area contributed by atoms with E-state index in [9.17, 15) is 5.11 Å². The van der Waals surface area contributed by atoms with Gasteiger partial charge in [0.2, 0.25) is 0 Å². The molecule has 20 heavy (non-hydrogen) atoms. The molecule has 1 heterocycles. The average molecular weight is 291 g/mol. The van der Waals surface area contributed by atoms with Gasteiger partial charge in [-0.3, -0.25) is 0 Å². The lowest BCUT2D eigenvalue weighted by Gasteiger charge is -2.11. The number of rotatable bonds is 8. The standard InChI is InChI=1S/C15H19N2O2S/c1-19-14-4-2-3-12(9-14)10-16-11-13(18)5-6-15-17-7-8-20-15/h2-5,7-9,13,16,18H,6,10-11H2,1H3. The molecule has 5 heteroatoms. The Balaban J connectivity index is 1.66. The number of hydrogen-bond acceptors (Lipinski definition) is 5. The van der Waals surface area contributed by atoms with Gasteiger partial charge in [0.05, 0.1) is 18.2 Å². The van der Waals surface area contributed by atoms with Gasteiger partial charge < -0.3 is 15.2 Å². The molecule has 2 aromatic rings. The van der Waals surface area contributed by atoms with Crippen molar-refractivity contribution in [3.63, 3.8) is 0 Å². The Labute approximate surface area is 123 Å². The molecule has 2 N–H and O–H groups in total. The van der Waals surface area contributed by atoms with Crippen LogP contribution < -0.4 is 10.1 Å². The number of nitrogens with zero attached hydrogens (tertiary/aromatic N) is 1. The molecule has 0 saturated carbocycles. The lowest BCUT2D eigenvalue weighted by molar-refractivity contribution is 0.200. The van der Waals surface area contributed by atoms with Crippen LogP contribution in [0.25, 0.3) is 0 Å². The van der Waals surface area contributed by atoms with E-state index in [1.165, 1.54) is 0 Å². The lowest BCUT2D eigenvalue weighted by Crippen LogP contribution is -2.27. The topological polar surface area (TPSA) is 54.4 Å². The van der Waals surface area contributed by atoms with Crippen LogP contribution in [0.5, 0.6) is 5.75 Å². The van der Waals surface area contributed by atoms with Crippen molar-refractivity contribution in [3.05, 3.63) is 52.8 Å². The van der Waals surface area contributed by atoms with Crippen LogP contribution in [0.3, 0.4) is 0 Å². The van der Waals surface area contributed by atoms with Gasteiger partial charge in [-0.15, -0.1) is 11.3 Å². The number of nitrogens with one attached hydrogen (secondary N) is 1. The van der Waals surface area contributed by atoms with E-state index in [1.54, 1.807) is 24.6 Å². The molecule has 2 rings (SSSR count). The highest BCUT2D eigenvalue weighted by molar-refractivity contribution is 7.09. The molecular weight excluding hydrogens is 272 g/mol. The van der Waals surface area contributed by atoms with Crippen molar-refractivity contribution in [3.8, 4) is 5.75 Å². The van der Waals surface area contributed by atoms with Crippen molar-refractivity contribution in [2.45, 2.75) is 19.1 Å². The largest absolute Gasteiger partial charge is 0.497 e. The fraction of sp³-hybridized carbons (Fsp3) is 0.333. The highest BCUT2D eigenvalue weighted by atomic mass is 32.1. The third kappa shape index (κ3) is 4.92. The summed E-state index contributed by atoms with van der Waals surface area (Å²) in [5.74, 6) is 0.847. The van der Waals surface area contributed by atoms with Crippen molar-refractivity contribution in [1.82, 2.24) is 10.3 Å². The SMILES string of the molecule is COc1cccc(CNCC(O)[CH]Cc2nccs2)c1. The summed E-state index contributed by atoms with van der Waals surface area (Å²) in [6.07, 6.45) is 3.89. The number of hydrogen-bond donors (Lipinski definition) is 2. The monoisotopic (exact) mass is 291 g/mol. The second-order valence-corrected chi connectivity index (χ2v) is 5.39. The molecule has 107 valence electrons. The van der Waals surface area contributed by atoms with E-state index in [0.29, 0.717) is 19.5 Å². The molecule has 0 amide bonds. The first kappa shape index (κ1) is 15.0. The van der Waals surface area contributed by atoms with E-state index in [0.717, 1.165) is 16.3 Å². The summed E-state index contributed by atoms with van der Waals surface area (Å²) < 4.78 is 5.17. The van der Waals surface area contributed by atoms with Gasteiger partial charge in [0.25, 0.3) is 0 Å². The fourth-order valence-corrected chi connectivity index (χ4v) is 2.41. The molecule has 1 atom stereocenters. The molecule has 1 aromatic heterocycles. The van der Waals surface area contributed by atoms with Gasteiger partial charge in [-0.25, -0.2) is 4.98 Å². The van der Waals surface area contributed by atoms with Crippen LogP contribution >= 0.6 is 11.3 Å². The normalized spacial score (nSPS) is 12.3. The molecule has 0 aliphatic heterocycles. The van der Waals surface area contributed by atoms with Crippen LogP contribution in [-0.2, 0) is 13.0 Å². The molecule has 0 saturated heterocycles. The smallest absolute Gasteiger partial charge is 0.119 e. The second-order valence-electron chi connectivity index (χ2n) is 4.42. The predicted octanol–water partition coefficient (Wildman–Crippen LogP) is 2.05. The minimum absolute atomic E-state index is 0.468. The molecule has 0 aliphatic rings. The molecule has 0 fully saturated rings. The molecule has 0 aliphatic carbocycles. The number of aromatic nitrogens is 1. The molecule has 1 aromatic carbocycles. The van der Waals surface area contributed by atoms with Gasteiger partial charge in [0.15, 0.2) is 0 Å². The van der Waals surface area contributed by atoms with Crippen LogP contribution in [-0.4, -0.2) is 29.8 Å². The second kappa shape index (κ2) is 7.99. The minimum atomic E-state index is -0.468. The predicted molar refractivity (Wildman–Crippen MR) is 80.8 cm³/mol.